The van der Waals surface area contributed by atoms with Crippen LogP contribution in [-0.2, 0) is 20.7 Å². The summed E-state index contributed by atoms with van der Waals surface area (Å²) < 4.78 is 58.6. The monoisotopic (exact) mass is 646 g/mol. The van der Waals surface area contributed by atoms with Gasteiger partial charge in [0.25, 0.3) is 10.1 Å². The minimum Gasteiger partial charge on any atom is -0.508 e. The van der Waals surface area contributed by atoms with E-state index in [1.165, 1.54) is 30.3 Å². The van der Waals surface area contributed by atoms with Gasteiger partial charge in [0.05, 0.1) is 33.3 Å². The molecule has 0 spiro atoms. The van der Waals surface area contributed by atoms with Crippen molar-refractivity contribution in [3.63, 3.8) is 0 Å². The van der Waals surface area contributed by atoms with Crippen molar-refractivity contribution in [2.75, 3.05) is 0 Å². The van der Waals surface area contributed by atoms with Gasteiger partial charge < -0.3 is 10.2 Å². The quantitative estimate of drug-likeness (QED) is 0.116. The van der Waals surface area contributed by atoms with Crippen LogP contribution in [0.2, 0.25) is 0 Å². The van der Waals surface area contributed by atoms with E-state index in [1.807, 2.05) is 37.3 Å². The number of aryl methyl sites for hydroxylation is 1. The van der Waals surface area contributed by atoms with Crippen molar-refractivity contribution in [3.8, 4) is 11.5 Å². The number of phenolic OH excluding ortho intramolecular Hbond substituents is 2. The minimum absolute atomic E-state index is 0.122. The van der Waals surface area contributed by atoms with Crippen LogP contribution in [0.5, 0.6) is 11.5 Å². The highest BCUT2D eigenvalue weighted by molar-refractivity contribution is 7.85. The number of nitrogens with zero attached hydrogens (tertiary/aromatic N) is 6. The molecule has 0 unspecified atom stereocenters. The highest BCUT2D eigenvalue weighted by atomic mass is 32.2. The molecular weight excluding hydrogens is 624 g/mol. The predicted molar refractivity (Wildman–Crippen MR) is 163 cm³/mol. The molecule has 0 heterocycles. The number of benzene rings is 5. The van der Waals surface area contributed by atoms with E-state index < -0.39 is 20.7 Å². The zero-order valence-electron chi connectivity index (χ0n) is 23.1. The van der Waals surface area contributed by atoms with Crippen LogP contribution in [-0.4, -0.2) is 35.8 Å². The predicted octanol–water partition coefficient (Wildman–Crippen LogP) is 8.05. The Morgan fingerprint density at radius 2 is 1.13 bits per heavy atom. The highest BCUT2D eigenvalue weighted by Crippen LogP contribution is 2.38. The molecule has 0 atom stereocenters. The lowest BCUT2D eigenvalue weighted by atomic mass is 10.1. The van der Waals surface area contributed by atoms with Crippen molar-refractivity contribution in [1.29, 1.82) is 0 Å². The fraction of sp³-hybridized carbons (Fsp3) is 0.0345. The minimum atomic E-state index is -4.49. The van der Waals surface area contributed by atoms with E-state index in [9.17, 15) is 23.2 Å². The molecule has 0 amide bonds. The molecule has 0 fully saturated rings. The van der Waals surface area contributed by atoms with Gasteiger partial charge in [-0.2, -0.15) is 23.8 Å². The number of rotatable bonds is 7. The van der Waals surface area contributed by atoms with Crippen LogP contribution in [0.15, 0.2) is 133 Å². The maximum absolute atomic E-state index is 11.8. The first-order valence-electron chi connectivity index (χ1n) is 12.6. The van der Waals surface area contributed by atoms with E-state index in [0.717, 1.165) is 17.3 Å². The average Bonchev–Trinajstić information content (AvgIpc) is 2.99. The summed E-state index contributed by atoms with van der Waals surface area (Å²) in [5, 5.41) is 45.7. The van der Waals surface area contributed by atoms with Gasteiger partial charge in [-0.15, -0.1) is 28.0 Å². The molecule has 16 heteroatoms. The van der Waals surface area contributed by atoms with Gasteiger partial charge in [-0.3, -0.25) is 4.55 Å². The third-order valence-corrected chi connectivity index (χ3v) is 6.80. The van der Waals surface area contributed by atoms with Gasteiger partial charge in [-0.1, -0.05) is 24.3 Å². The first kappa shape index (κ1) is 32.2. The summed E-state index contributed by atoms with van der Waals surface area (Å²) in [4.78, 5) is -0.323. The lowest BCUT2D eigenvalue weighted by molar-refractivity contribution is 0.451. The van der Waals surface area contributed by atoms with E-state index in [-0.39, 0.29) is 22.1 Å². The zero-order chi connectivity index (χ0) is 32.6. The number of phenols is 2. The van der Waals surface area contributed by atoms with Crippen molar-refractivity contribution < 1.29 is 35.8 Å². The maximum atomic E-state index is 11.8. The molecule has 0 aliphatic rings. The number of hydrogen-bond acceptors (Lipinski definition) is 13. The summed E-state index contributed by atoms with van der Waals surface area (Å²) in [6.45, 7) is 1.87. The standard InChI is InChI=1S/C29H22N6O5S.O3S/c1-18-15-20(7-11-25(18)32-30-19-5-3-2-4-6-19)31-33-27-14-13-26(34-35-28-12-8-21(36)16-29(28)37)23-10-9-22(17-24(23)27)41(38,39)40;1-4(2)3/h2-17,36-37H,1H3,(H,38,39,40);. The van der Waals surface area contributed by atoms with Gasteiger partial charge in [-0.05, 0) is 79.2 Å². The molecule has 5 aromatic carbocycles. The largest absolute Gasteiger partial charge is 0.508 e. The lowest BCUT2D eigenvalue weighted by Crippen LogP contribution is -1.97. The van der Waals surface area contributed by atoms with Crippen molar-refractivity contribution in [1.82, 2.24) is 0 Å². The summed E-state index contributed by atoms with van der Waals surface area (Å²) >= 11 is 0. The fourth-order valence-corrected chi connectivity index (χ4v) is 4.37. The lowest BCUT2D eigenvalue weighted by Gasteiger charge is -2.07. The number of fused-ring (bicyclic) bond motifs is 1. The molecule has 5 aromatic rings. The molecule has 3 N–H and O–H groups in total. The van der Waals surface area contributed by atoms with E-state index in [4.69, 9.17) is 12.6 Å². The van der Waals surface area contributed by atoms with Gasteiger partial charge in [0.2, 0.25) is 0 Å². The first-order chi connectivity index (χ1) is 21.4. The van der Waals surface area contributed by atoms with Gasteiger partial charge in [0.1, 0.15) is 17.2 Å². The third-order valence-electron chi connectivity index (χ3n) is 5.95. The molecule has 0 aliphatic carbocycles. The second-order valence-electron chi connectivity index (χ2n) is 9.07. The van der Waals surface area contributed by atoms with Crippen LogP contribution in [0.4, 0.5) is 34.1 Å². The summed E-state index contributed by atoms with van der Waals surface area (Å²) in [5.41, 5.74) is 3.55. The summed E-state index contributed by atoms with van der Waals surface area (Å²) in [6, 6.07) is 25.7. The summed E-state index contributed by atoms with van der Waals surface area (Å²) in [5.74, 6) is -0.388. The highest BCUT2D eigenvalue weighted by Gasteiger charge is 2.14. The molecule has 0 saturated carbocycles. The van der Waals surface area contributed by atoms with Crippen molar-refractivity contribution >= 4 is 65.6 Å². The van der Waals surface area contributed by atoms with Crippen molar-refractivity contribution in [2.24, 2.45) is 30.7 Å². The molecule has 0 aliphatic heterocycles. The van der Waals surface area contributed by atoms with E-state index in [0.29, 0.717) is 33.5 Å². The van der Waals surface area contributed by atoms with Crippen LogP contribution >= 0.6 is 0 Å². The maximum Gasteiger partial charge on any atom is 0.425 e. The Balaban J connectivity index is 0.00000109. The van der Waals surface area contributed by atoms with Gasteiger partial charge >= 0.3 is 10.6 Å². The van der Waals surface area contributed by atoms with E-state index >= 15 is 0 Å². The first-order valence-corrected chi connectivity index (χ1v) is 15.1. The van der Waals surface area contributed by atoms with Crippen LogP contribution < -0.4 is 0 Å². The van der Waals surface area contributed by atoms with Crippen LogP contribution in [0.1, 0.15) is 5.56 Å². The second-order valence-corrected chi connectivity index (χ2v) is 10.9. The molecule has 45 heavy (non-hydrogen) atoms. The molecular formula is C29H22N6O8S2. The van der Waals surface area contributed by atoms with Crippen molar-refractivity contribution in [3.05, 3.63) is 103 Å². The van der Waals surface area contributed by atoms with E-state index in [2.05, 4.69) is 30.7 Å². The summed E-state index contributed by atoms with van der Waals surface area (Å²) in [6.07, 6.45) is 0. The molecule has 0 aromatic heterocycles. The second kappa shape index (κ2) is 14.2. The normalized spacial score (nSPS) is 11.7. The van der Waals surface area contributed by atoms with Gasteiger partial charge in [0.15, 0.2) is 0 Å². The van der Waals surface area contributed by atoms with Crippen LogP contribution in [0, 0.1) is 6.92 Å². The Hall–Kier alpha value is -5.71. The Morgan fingerprint density at radius 3 is 1.78 bits per heavy atom. The third kappa shape index (κ3) is 8.90. The molecule has 228 valence electrons. The van der Waals surface area contributed by atoms with E-state index in [1.54, 1.807) is 30.3 Å². The van der Waals surface area contributed by atoms with Crippen molar-refractivity contribution in [2.45, 2.75) is 11.8 Å². The molecule has 0 saturated heterocycles. The molecule has 5 rings (SSSR count). The SMILES string of the molecule is Cc1cc(N=Nc2ccc(N=Nc3ccc(O)cc3O)c3ccc(S(=O)(=O)O)cc23)ccc1N=Nc1ccccc1.O=S(=O)=O. The smallest absolute Gasteiger partial charge is 0.425 e. The summed E-state index contributed by atoms with van der Waals surface area (Å²) in [7, 11) is -7.61. The Labute approximate surface area is 257 Å². The Kier molecular flexibility index (Phi) is 10.1. The Morgan fingerprint density at radius 1 is 0.578 bits per heavy atom. The number of hydrogen-bond donors (Lipinski definition) is 3. The zero-order valence-corrected chi connectivity index (χ0v) is 24.8. The Bertz CT molecular complexity index is 2180. The fourth-order valence-electron chi connectivity index (χ4n) is 3.87. The topological polar surface area (TPSA) is 220 Å². The van der Waals surface area contributed by atoms with Gasteiger partial charge in [0, 0.05) is 16.8 Å². The van der Waals surface area contributed by atoms with Crippen LogP contribution in [0.3, 0.4) is 0 Å². The molecule has 14 nitrogen and oxygen atoms in total. The van der Waals surface area contributed by atoms with Crippen LogP contribution in [0.25, 0.3) is 10.8 Å². The molecule has 0 radical (unpaired) electrons. The van der Waals surface area contributed by atoms with Gasteiger partial charge in [-0.25, -0.2) is 0 Å². The number of azo groups is 3. The molecule has 0 bridgehead atoms. The average molecular weight is 647 g/mol. The number of aromatic hydroxyl groups is 2.